The second-order valence-corrected chi connectivity index (χ2v) is 9.64. The first-order valence-corrected chi connectivity index (χ1v) is 12.0. The van der Waals surface area contributed by atoms with Crippen molar-refractivity contribution in [3.63, 3.8) is 0 Å². The predicted molar refractivity (Wildman–Crippen MR) is 121 cm³/mol. The van der Waals surface area contributed by atoms with E-state index < -0.39 is 0 Å². The summed E-state index contributed by atoms with van der Waals surface area (Å²) in [5, 5.41) is 4.70. The minimum Gasteiger partial charge on any atom is -0.320 e. The Morgan fingerprint density at radius 1 is 0.933 bits per heavy atom. The molecule has 0 bridgehead atoms. The van der Waals surface area contributed by atoms with E-state index >= 15 is 0 Å². The van der Waals surface area contributed by atoms with Crippen molar-refractivity contribution in [2.75, 3.05) is 0 Å². The summed E-state index contributed by atoms with van der Waals surface area (Å²) in [7, 11) is 0. The molecule has 2 aromatic rings. The Balaban J connectivity index is 1.40. The third-order valence-electron chi connectivity index (χ3n) is 7.35. The molecule has 2 fully saturated rings. The fourth-order valence-electron chi connectivity index (χ4n) is 5.84. The number of nitrogens with one attached hydrogen (secondary N) is 1. The van der Waals surface area contributed by atoms with E-state index in [2.05, 4.69) is 52.7 Å². The van der Waals surface area contributed by atoms with Crippen molar-refractivity contribution in [1.29, 1.82) is 0 Å². The average molecular weight is 423 g/mol. The van der Waals surface area contributed by atoms with Gasteiger partial charge in [0.1, 0.15) is 0 Å². The zero-order chi connectivity index (χ0) is 20.5. The largest absolute Gasteiger partial charge is 0.320 e. The van der Waals surface area contributed by atoms with Gasteiger partial charge < -0.3 is 4.90 Å². The van der Waals surface area contributed by atoms with Gasteiger partial charge in [0.25, 0.3) is 0 Å². The van der Waals surface area contributed by atoms with Gasteiger partial charge in [0.05, 0.1) is 12.2 Å². The Labute approximate surface area is 184 Å². The second-order valence-electron chi connectivity index (χ2n) is 9.20. The molecule has 1 saturated carbocycles. The summed E-state index contributed by atoms with van der Waals surface area (Å²) in [5.41, 5.74) is 3.97. The van der Waals surface area contributed by atoms with Crippen molar-refractivity contribution in [1.82, 2.24) is 10.2 Å². The van der Waals surface area contributed by atoms with Gasteiger partial charge >= 0.3 is 0 Å². The first kappa shape index (κ1) is 20.1. The molecule has 0 spiro atoms. The van der Waals surface area contributed by atoms with Gasteiger partial charge in [-0.15, -0.1) is 0 Å². The fraction of sp³-hybridized carbons (Fsp3) is 0.500. The maximum Gasteiger partial charge on any atom is 0.227 e. The molecule has 1 aliphatic heterocycles. The van der Waals surface area contributed by atoms with Gasteiger partial charge in [-0.2, -0.15) is 0 Å². The molecule has 158 valence electrons. The van der Waals surface area contributed by atoms with E-state index in [1.54, 1.807) is 0 Å². The zero-order valence-electron chi connectivity index (χ0n) is 17.5. The molecule has 0 radical (unpaired) electrons. The molecular weight excluding hydrogens is 392 g/mol. The SMILES string of the molecule is O=C(C1CCCCC1)N1C(NC2CCc3cc(Cl)ccc32)CCC1c1ccccc1. The lowest BCUT2D eigenvalue weighted by Crippen LogP contribution is -2.48. The fourth-order valence-corrected chi connectivity index (χ4v) is 6.03. The van der Waals surface area contributed by atoms with E-state index in [1.165, 1.54) is 36.0 Å². The first-order valence-electron chi connectivity index (χ1n) is 11.6. The van der Waals surface area contributed by atoms with Gasteiger partial charge in [-0.1, -0.05) is 67.3 Å². The van der Waals surface area contributed by atoms with E-state index in [0.717, 1.165) is 43.5 Å². The van der Waals surface area contributed by atoms with Crippen LogP contribution < -0.4 is 5.32 Å². The molecule has 1 amide bonds. The van der Waals surface area contributed by atoms with Crippen LogP contribution in [0, 0.1) is 5.92 Å². The number of fused-ring (bicyclic) bond motifs is 1. The van der Waals surface area contributed by atoms with Gasteiger partial charge in [0.15, 0.2) is 0 Å². The van der Waals surface area contributed by atoms with Crippen LogP contribution in [0.15, 0.2) is 48.5 Å². The van der Waals surface area contributed by atoms with Crippen LogP contribution in [0.25, 0.3) is 0 Å². The summed E-state index contributed by atoms with van der Waals surface area (Å²) in [4.78, 5) is 15.9. The summed E-state index contributed by atoms with van der Waals surface area (Å²) in [5.74, 6) is 0.565. The van der Waals surface area contributed by atoms with Gasteiger partial charge in [-0.3, -0.25) is 10.1 Å². The third-order valence-corrected chi connectivity index (χ3v) is 7.59. The Morgan fingerprint density at radius 2 is 1.73 bits per heavy atom. The smallest absolute Gasteiger partial charge is 0.227 e. The quantitative estimate of drug-likeness (QED) is 0.637. The van der Waals surface area contributed by atoms with Crippen LogP contribution in [0.5, 0.6) is 0 Å². The highest BCUT2D eigenvalue weighted by Gasteiger charge is 2.41. The third kappa shape index (κ3) is 3.90. The number of hydrogen-bond acceptors (Lipinski definition) is 2. The number of halogens is 1. The summed E-state index contributed by atoms with van der Waals surface area (Å²) in [6.45, 7) is 0. The molecule has 2 aliphatic carbocycles. The zero-order valence-corrected chi connectivity index (χ0v) is 18.3. The van der Waals surface area contributed by atoms with Crippen LogP contribution in [-0.2, 0) is 11.2 Å². The maximum atomic E-state index is 13.7. The first-order chi connectivity index (χ1) is 14.7. The topological polar surface area (TPSA) is 32.3 Å². The molecule has 3 nitrogen and oxygen atoms in total. The van der Waals surface area contributed by atoms with Crippen LogP contribution in [-0.4, -0.2) is 17.0 Å². The van der Waals surface area contributed by atoms with Crippen LogP contribution in [0.2, 0.25) is 5.02 Å². The van der Waals surface area contributed by atoms with E-state index in [9.17, 15) is 4.79 Å². The lowest BCUT2D eigenvalue weighted by Gasteiger charge is -2.36. The summed E-state index contributed by atoms with van der Waals surface area (Å²) >= 11 is 6.21. The summed E-state index contributed by atoms with van der Waals surface area (Å²) in [6.07, 6.45) is 10.0. The second kappa shape index (κ2) is 8.72. The van der Waals surface area contributed by atoms with Gasteiger partial charge in [-0.25, -0.2) is 0 Å². The molecule has 0 aromatic heterocycles. The van der Waals surface area contributed by atoms with Gasteiger partial charge in [-0.05, 0) is 67.3 Å². The molecular formula is C26H31ClN2O. The monoisotopic (exact) mass is 422 g/mol. The van der Waals surface area contributed by atoms with E-state index in [-0.39, 0.29) is 18.1 Å². The number of rotatable bonds is 4. The van der Waals surface area contributed by atoms with Crippen LogP contribution in [0.1, 0.15) is 80.1 Å². The molecule has 30 heavy (non-hydrogen) atoms. The summed E-state index contributed by atoms with van der Waals surface area (Å²) in [6, 6.07) is 17.4. The highest BCUT2D eigenvalue weighted by atomic mass is 35.5. The van der Waals surface area contributed by atoms with E-state index in [4.69, 9.17) is 11.6 Å². The number of aryl methyl sites for hydroxylation is 1. The summed E-state index contributed by atoms with van der Waals surface area (Å²) < 4.78 is 0. The number of nitrogens with zero attached hydrogens (tertiary/aromatic N) is 1. The molecule has 4 heteroatoms. The standard InChI is InChI=1S/C26H31ClN2O/c27-21-12-13-22-20(17-21)11-14-23(22)28-25-16-15-24(18-7-3-1-4-8-18)29(25)26(30)19-9-5-2-6-10-19/h1,3-4,7-8,12-13,17,19,23-25,28H,2,5-6,9-11,14-16H2. The van der Waals surface area contributed by atoms with Crippen molar-refractivity contribution in [2.24, 2.45) is 5.92 Å². The molecule has 1 saturated heterocycles. The predicted octanol–water partition coefficient (Wildman–Crippen LogP) is 6.19. The molecule has 3 aliphatic rings. The average Bonchev–Trinajstić information content (AvgIpc) is 3.38. The molecule has 3 atom stereocenters. The Bertz CT molecular complexity index is 893. The van der Waals surface area contributed by atoms with Crippen molar-refractivity contribution in [3.8, 4) is 0 Å². The highest BCUT2D eigenvalue weighted by molar-refractivity contribution is 6.30. The lowest BCUT2D eigenvalue weighted by atomic mass is 9.88. The number of benzene rings is 2. The normalized spacial score (nSPS) is 26.7. The minimum absolute atomic E-state index is 0.108. The molecule has 1 heterocycles. The van der Waals surface area contributed by atoms with Gasteiger partial charge in [0.2, 0.25) is 5.91 Å². The Hall–Kier alpha value is -1.84. The Kier molecular flexibility index (Phi) is 5.84. The number of carbonyl (C=O) groups is 1. The molecule has 1 N–H and O–H groups in total. The van der Waals surface area contributed by atoms with E-state index in [1.807, 2.05) is 6.07 Å². The van der Waals surface area contributed by atoms with E-state index in [0.29, 0.717) is 11.9 Å². The van der Waals surface area contributed by atoms with Crippen LogP contribution in [0.4, 0.5) is 0 Å². The van der Waals surface area contributed by atoms with Crippen molar-refractivity contribution >= 4 is 17.5 Å². The Morgan fingerprint density at radius 3 is 2.53 bits per heavy atom. The lowest BCUT2D eigenvalue weighted by molar-refractivity contribution is -0.140. The minimum atomic E-state index is 0.108. The number of carbonyl (C=O) groups excluding carboxylic acids is 1. The van der Waals surface area contributed by atoms with Crippen LogP contribution >= 0.6 is 11.6 Å². The van der Waals surface area contributed by atoms with Crippen LogP contribution in [0.3, 0.4) is 0 Å². The maximum absolute atomic E-state index is 13.7. The molecule has 2 aromatic carbocycles. The molecule has 5 rings (SSSR count). The number of amides is 1. The molecule has 3 unspecified atom stereocenters. The van der Waals surface area contributed by atoms with Crippen molar-refractivity contribution < 1.29 is 4.79 Å². The highest BCUT2D eigenvalue weighted by Crippen LogP contribution is 2.41. The van der Waals surface area contributed by atoms with Gasteiger partial charge in [0, 0.05) is 17.0 Å². The number of hydrogen-bond donors (Lipinski definition) is 1. The van der Waals surface area contributed by atoms with Crippen molar-refractivity contribution in [2.45, 2.75) is 76.0 Å². The van der Waals surface area contributed by atoms with Crippen molar-refractivity contribution in [3.05, 3.63) is 70.2 Å². The number of likely N-dealkylation sites (tertiary alicyclic amines) is 1.